The lowest BCUT2D eigenvalue weighted by Crippen LogP contribution is -2.13. The molecule has 0 aliphatic carbocycles. The molecule has 6 heteroatoms. The fraction of sp³-hybridized carbons (Fsp3) is 0.200. The molecular weight excluding hydrogens is 413 g/mol. The molecule has 0 heterocycles. The van der Waals surface area contributed by atoms with Crippen LogP contribution in [-0.2, 0) is 6.18 Å². The van der Waals surface area contributed by atoms with Gasteiger partial charge in [-0.1, -0.05) is 50.1 Å². The number of aliphatic hydroxyl groups is 1. The van der Waals surface area contributed by atoms with Gasteiger partial charge in [-0.05, 0) is 36.2 Å². The highest BCUT2D eigenvalue weighted by molar-refractivity contribution is 9.11. The van der Waals surface area contributed by atoms with Crippen molar-refractivity contribution in [1.82, 2.24) is 0 Å². The van der Waals surface area contributed by atoms with Crippen molar-refractivity contribution in [2.24, 2.45) is 0 Å². The second kappa shape index (κ2) is 6.10. The van der Waals surface area contributed by atoms with Gasteiger partial charge in [-0.25, -0.2) is 0 Å². The predicted octanol–water partition coefficient (Wildman–Crippen LogP) is 5.62. The van der Waals surface area contributed by atoms with E-state index in [2.05, 4.69) is 31.9 Å². The van der Waals surface area contributed by atoms with E-state index in [1.165, 1.54) is 18.2 Å². The Morgan fingerprint density at radius 1 is 1.00 bits per heavy atom. The summed E-state index contributed by atoms with van der Waals surface area (Å²) < 4.78 is 40.4. The quantitative estimate of drug-likeness (QED) is 0.664. The molecule has 0 saturated carbocycles. The van der Waals surface area contributed by atoms with Crippen molar-refractivity contribution >= 4 is 31.9 Å². The maximum atomic E-state index is 13.0. The highest BCUT2D eigenvalue weighted by Gasteiger charge is 2.35. The molecule has 0 aromatic heterocycles. The lowest BCUT2D eigenvalue weighted by atomic mass is 9.96. The molecule has 2 aromatic carbocycles. The van der Waals surface area contributed by atoms with Crippen molar-refractivity contribution < 1.29 is 18.3 Å². The Balaban J connectivity index is 2.56. The average molecular weight is 424 g/mol. The van der Waals surface area contributed by atoms with Gasteiger partial charge < -0.3 is 5.11 Å². The Morgan fingerprint density at radius 2 is 1.62 bits per heavy atom. The molecule has 1 unspecified atom stereocenters. The van der Waals surface area contributed by atoms with Gasteiger partial charge in [-0.3, -0.25) is 0 Å². The van der Waals surface area contributed by atoms with Crippen LogP contribution in [0.2, 0.25) is 0 Å². The minimum absolute atomic E-state index is 0.165. The van der Waals surface area contributed by atoms with Crippen molar-refractivity contribution in [1.29, 1.82) is 0 Å². The third kappa shape index (κ3) is 3.49. The normalized spacial score (nSPS) is 13.3. The predicted molar refractivity (Wildman–Crippen MR) is 82.1 cm³/mol. The zero-order valence-electron chi connectivity index (χ0n) is 10.9. The third-order valence-corrected chi connectivity index (χ3v) is 4.67. The molecule has 0 amide bonds. The first-order valence-electron chi connectivity index (χ1n) is 6.01. The van der Waals surface area contributed by atoms with Crippen LogP contribution in [-0.4, -0.2) is 5.11 Å². The van der Waals surface area contributed by atoms with Crippen LogP contribution in [0.3, 0.4) is 0 Å². The van der Waals surface area contributed by atoms with E-state index in [1.807, 2.05) is 6.92 Å². The Labute approximate surface area is 137 Å². The molecule has 0 aliphatic heterocycles. The summed E-state index contributed by atoms with van der Waals surface area (Å²) in [5.74, 6) is 0. The molecule has 2 rings (SSSR count). The average Bonchev–Trinajstić information content (AvgIpc) is 2.41. The zero-order valence-corrected chi connectivity index (χ0v) is 14.1. The summed E-state index contributed by atoms with van der Waals surface area (Å²) >= 11 is 6.62. The molecule has 1 nitrogen and oxygen atoms in total. The molecule has 0 aliphatic rings. The van der Waals surface area contributed by atoms with Gasteiger partial charge in [0.15, 0.2) is 0 Å². The minimum atomic E-state index is -4.51. The summed E-state index contributed by atoms with van der Waals surface area (Å²) in [5.41, 5.74) is 0.300. The molecule has 1 N–H and O–H groups in total. The summed E-state index contributed by atoms with van der Waals surface area (Å²) in [6.07, 6.45) is -5.87. The van der Waals surface area contributed by atoms with E-state index < -0.39 is 17.8 Å². The van der Waals surface area contributed by atoms with Crippen molar-refractivity contribution in [3.05, 3.63) is 67.6 Å². The molecule has 112 valence electrons. The molecule has 1 atom stereocenters. The van der Waals surface area contributed by atoms with Gasteiger partial charge in [0.1, 0.15) is 6.10 Å². The Kier molecular flexibility index (Phi) is 4.80. The van der Waals surface area contributed by atoms with Gasteiger partial charge in [0.25, 0.3) is 0 Å². The fourth-order valence-electron chi connectivity index (χ4n) is 2.03. The first kappa shape index (κ1) is 16.5. The Bertz CT molecular complexity index is 668. The lowest BCUT2D eigenvalue weighted by Gasteiger charge is -2.19. The van der Waals surface area contributed by atoms with E-state index >= 15 is 0 Å². The van der Waals surface area contributed by atoms with Crippen molar-refractivity contribution in [3.63, 3.8) is 0 Å². The SMILES string of the molecule is Cc1cc(Br)c(C(O)c2ccccc2C(F)(F)F)cc1Br. The van der Waals surface area contributed by atoms with Crippen LogP contribution in [0, 0.1) is 6.92 Å². The van der Waals surface area contributed by atoms with Crippen LogP contribution in [0.1, 0.15) is 28.4 Å². The number of hydrogen-bond acceptors (Lipinski definition) is 1. The van der Waals surface area contributed by atoms with Gasteiger partial charge in [0.2, 0.25) is 0 Å². The van der Waals surface area contributed by atoms with Crippen LogP contribution >= 0.6 is 31.9 Å². The highest BCUT2D eigenvalue weighted by Crippen LogP contribution is 2.39. The first-order valence-corrected chi connectivity index (χ1v) is 7.60. The van der Waals surface area contributed by atoms with Gasteiger partial charge in [0, 0.05) is 14.5 Å². The number of hydrogen-bond donors (Lipinski definition) is 1. The Morgan fingerprint density at radius 3 is 2.24 bits per heavy atom. The van der Waals surface area contributed by atoms with Crippen molar-refractivity contribution in [2.45, 2.75) is 19.2 Å². The van der Waals surface area contributed by atoms with Crippen LogP contribution in [0.5, 0.6) is 0 Å². The summed E-state index contributed by atoms with van der Waals surface area (Å²) in [5, 5.41) is 10.4. The molecule has 0 fully saturated rings. The molecule has 0 bridgehead atoms. The second-order valence-electron chi connectivity index (χ2n) is 4.61. The number of aryl methyl sites for hydroxylation is 1. The monoisotopic (exact) mass is 422 g/mol. The van der Waals surface area contributed by atoms with E-state index in [1.54, 1.807) is 12.1 Å². The molecular formula is C15H11Br2F3O. The van der Waals surface area contributed by atoms with E-state index in [-0.39, 0.29) is 5.56 Å². The largest absolute Gasteiger partial charge is 0.416 e. The zero-order chi connectivity index (χ0) is 15.8. The van der Waals surface area contributed by atoms with Crippen molar-refractivity contribution in [2.75, 3.05) is 0 Å². The maximum absolute atomic E-state index is 13.0. The standard InChI is InChI=1S/C15H11Br2F3O/c1-8-6-13(17)10(7-12(8)16)14(21)9-4-2-3-5-11(9)15(18,19)20/h2-7,14,21H,1H3. The molecule has 0 saturated heterocycles. The number of halogens is 5. The fourth-order valence-corrected chi connectivity index (χ4v) is 3.07. The highest BCUT2D eigenvalue weighted by atomic mass is 79.9. The maximum Gasteiger partial charge on any atom is 0.416 e. The van der Waals surface area contributed by atoms with Crippen molar-refractivity contribution in [3.8, 4) is 0 Å². The van der Waals surface area contributed by atoms with Crippen LogP contribution in [0.4, 0.5) is 13.2 Å². The van der Waals surface area contributed by atoms with Gasteiger partial charge in [0.05, 0.1) is 5.56 Å². The second-order valence-corrected chi connectivity index (χ2v) is 6.32. The van der Waals surface area contributed by atoms with E-state index in [0.29, 0.717) is 10.0 Å². The number of rotatable bonds is 2. The first-order chi connectivity index (χ1) is 9.71. The summed E-state index contributed by atoms with van der Waals surface area (Å²) in [6.45, 7) is 1.86. The van der Waals surface area contributed by atoms with Crippen LogP contribution in [0.15, 0.2) is 45.3 Å². The van der Waals surface area contributed by atoms with E-state index in [4.69, 9.17) is 0 Å². The minimum Gasteiger partial charge on any atom is -0.384 e. The molecule has 0 spiro atoms. The third-order valence-electron chi connectivity index (χ3n) is 3.13. The van der Waals surface area contributed by atoms with Crippen LogP contribution < -0.4 is 0 Å². The number of alkyl halides is 3. The molecule has 2 aromatic rings. The van der Waals surface area contributed by atoms with Gasteiger partial charge in [-0.15, -0.1) is 0 Å². The smallest absolute Gasteiger partial charge is 0.384 e. The number of aliphatic hydroxyl groups excluding tert-OH is 1. The van der Waals surface area contributed by atoms with E-state index in [9.17, 15) is 18.3 Å². The molecule has 0 radical (unpaired) electrons. The van der Waals surface area contributed by atoms with Crippen LogP contribution in [0.25, 0.3) is 0 Å². The summed E-state index contributed by atoms with van der Waals surface area (Å²) in [4.78, 5) is 0. The topological polar surface area (TPSA) is 20.2 Å². The summed E-state index contributed by atoms with van der Waals surface area (Å²) in [7, 11) is 0. The molecule has 21 heavy (non-hydrogen) atoms. The van der Waals surface area contributed by atoms with Gasteiger partial charge in [-0.2, -0.15) is 13.2 Å². The Hall–Kier alpha value is -0.850. The lowest BCUT2D eigenvalue weighted by molar-refractivity contribution is -0.139. The van der Waals surface area contributed by atoms with Gasteiger partial charge >= 0.3 is 6.18 Å². The van der Waals surface area contributed by atoms with E-state index in [0.717, 1.165) is 16.1 Å². The number of benzene rings is 2. The summed E-state index contributed by atoms with van der Waals surface area (Å²) in [6, 6.07) is 8.41.